The van der Waals surface area contributed by atoms with Crippen LogP contribution in [0, 0.1) is 0 Å². The number of hydrogen-bond acceptors (Lipinski definition) is 4. The van der Waals surface area contributed by atoms with Crippen LogP contribution in [0.2, 0.25) is 0 Å². The molecule has 0 fully saturated rings. The zero-order valence-electron chi connectivity index (χ0n) is 16.1. The molecule has 3 aromatic rings. The minimum atomic E-state index is -4.58. The molecule has 29 heavy (non-hydrogen) atoms. The van der Waals surface area contributed by atoms with Crippen LogP contribution in [0.25, 0.3) is 16.5 Å². The number of aromatic hydroxyl groups is 1. The van der Waals surface area contributed by atoms with Gasteiger partial charge in [0.15, 0.2) is 0 Å². The van der Waals surface area contributed by atoms with Crippen molar-refractivity contribution in [1.82, 2.24) is 9.99 Å². The van der Waals surface area contributed by atoms with Gasteiger partial charge in [-0.3, -0.25) is 4.79 Å². The number of pyridine rings is 1. The smallest absolute Gasteiger partial charge is 0.416 e. The molecular weight excluding hydrogens is 383 g/mol. The minimum absolute atomic E-state index is 0.0912. The molecule has 0 saturated carbocycles. The Bertz CT molecular complexity index is 1140. The van der Waals surface area contributed by atoms with Crippen molar-refractivity contribution in [1.29, 1.82) is 0 Å². The maximum absolute atomic E-state index is 13.1. The van der Waals surface area contributed by atoms with Crippen LogP contribution in [0.4, 0.5) is 13.2 Å². The van der Waals surface area contributed by atoms with Crippen molar-refractivity contribution in [2.45, 2.75) is 32.5 Å². The van der Waals surface area contributed by atoms with Crippen molar-refractivity contribution in [3.63, 3.8) is 0 Å². The molecule has 1 heterocycles. The van der Waals surface area contributed by atoms with Crippen LogP contribution in [0.3, 0.4) is 0 Å². The van der Waals surface area contributed by atoms with E-state index in [1.54, 1.807) is 24.3 Å². The zero-order valence-corrected chi connectivity index (χ0v) is 16.1. The first-order valence-corrected chi connectivity index (χ1v) is 8.83. The largest absolute Gasteiger partial charge is 0.494 e. The van der Waals surface area contributed by atoms with E-state index in [1.807, 2.05) is 20.8 Å². The number of nitrogens with zero attached hydrogens (tertiary/aromatic N) is 2. The number of fused-ring (bicyclic) bond motifs is 1. The van der Waals surface area contributed by atoms with Gasteiger partial charge in [-0.25, -0.2) is 4.57 Å². The molecule has 1 aromatic heterocycles. The summed E-state index contributed by atoms with van der Waals surface area (Å²) >= 11 is 0. The topological polar surface area (TPSA) is 66.6 Å². The van der Waals surface area contributed by atoms with Crippen LogP contribution in [0.5, 0.6) is 5.88 Å². The number of alkyl halides is 3. The highest BCUT2D eigenvalue weighted by atomic mass is 19.4. The third kappa shape index (κ3) is 4.26. The summed E-state index contributed by atoms with van der Waals surface area (Å²) in [5.74, 6) is -0.493. The quantitative estimate of drug-likeness (QED) is 0.502. The lowest BCUT2D eigenvalue weighted by Crippen LogP contribution is -2.31. The Hall–Kier alpha value is -3.29. The fraction of sp³-hybridized carbons (Fsp3) is 0.238. The molecule has 0 unspecified atom stereocenters. The average Bonchev–Trinajstić information content (AvgIpc) is 2.63. The van der Waals surface area contributed by atoms with Gasteiger partial charge in [-0.15, -0.1) is 0 Å². The SMILES string of the molecule is CC(C)(C)N/N=C/c1c(O)n(-c2cccc(C(F)(F)F)c2)c(=O)c2ccccc12. The summed E-state index contributed by atoms with van der Waals surface area (Å²) in [6.07, 6.45) is -3.22. The summed E-state index contributed by atoms with van der Waals surface area (Å²) in [6.45, 7) is 5.68. The fourth-order valence-electron chi connectivity index (χ4n) is 2.84. The van der Waals surface area contributed by atoms with Gasteiger partial charge in [0.25, 0.3) is 5.56 Å². The summed E-state index contributed by atoms with van der Waals surface area (Å²) in [7, 11) is 0. The van der Waals surface area contributed by atoms with Gasteiger partial charge in [-0.05, 0) is 45.0 Å². The summed E-state index contributed by atoms with van der Waals surface area (Å²) in [5, 5.41) is 15.6. The fourth-order valence-corrected chi connectivity index (χ4v) is 2.84. The van der Waals surface area contributed by atoms with Gasteiger partial charge in [-0.2, -0.15) is 18.3 Å². The lowest BCUT2D eigenvalue weighted by Gasteiger charge is -2.18. The van der Waals surface area contributed by atoms with Crippen molar-refractivity contribution in [3.8, 4) is 11.6 Å². The second-order valence-electron chi connectivity index (χ2n) is 7.59. The van der Waals surface area contributed by atoms with Crippen LogP contribution in [-0.4, -0.2) is 21.4 Å². The van der Waals surface area contributed by atoms with E-state index in [9.17, 15) is 23.1 Å². The molecule has 8 heteroatoms. The lowest BCUT2D eigenvalue weighted by atomic mass is 10.1. The van der Waals surface area contributed by atoms with Gasteiger partial charge in [0.05, 0.1) is 23.0 Å². The Morgan fingerprint density at radius 3 is 2.31 bits per heavy atom. The number of benzene rings is 2. The van der Waals surface area contributed by atoms with E-state index >= 15 is 0 Å². The van der Waals surface area contributed by atoms with Crippen molar-refractivity contribution in [2.75, 3.05) is 0 Å². The van der Waals surface area contributed by atoms with Crippen LogP contribution >= 0.6 is 0 Å². The molecule has 2 aromatic carbocycles. The number of rotatable bonds is 3. The summed E-state index contributed by atoms with van der Waals surface area (Å²) < 4.78 is 40.2. The molecule has 0 aliphatic heterocycles. The van der Waals surface area contributed by atoms with E-state index in [1.165, 1.54) is 18.3 Å². The van der Waals surface area contributed by atoms with E-state index in [-0.39, 0.29) is 22.2 Å². The Kier molecular flexibility index (Phi) is 5.13. The summed E-state index contributed by atoms with van der Waals surface area (Å²) in [4.78, 5) is 13.0. The normalized spacial score (nSPS) is 12.6. The van der Waals surface area contributed by atoms with E-state index in [4.69, 9.17) is 0 Å². The van der Waals surface area contributed by atoms with Crippen molar-refractivity contribution in [2.24, 2.45) is 5.10 Å². The average molecular weight is 403 g/mol. The van der Waals surface area contributed by atoms with Gasteiger partial charge in [0, 0.05) is 16.3 Å². The summed E-state index contributed by atoms with van der Waals surface area (Å²) in [5.41, 5.74) is 1.13. The third-order valence-electron chi connectivity index (χ3n) is 4.13. The molecule has 0 aliphatic rings. The standard InChI is InChI=1S/C21H20F3N3O2/c1-20(2,3)26-25-12-17-15-9-4-5-10-16(15)18(28)27(19(17)29)14-8-6-7-13(11-14)21(22,23)24/h4-12,26,29H,1-3H3/b25-12+. The molecule has 0 spiro atoms. The molecule has 0 amide bonds. The van der Waals surface area contributed by atoms with E-state index in [0.717, 1.165) is 16.7 Å². The zero-order chi connectivity index (χ0) is 21.4. The predicted molar refractivity (Wildman–Crippen MR) is 107 cm³/mol. The molecule has 0 saturated heterocycles. The monoisotopic (exact) mass is 403 g/mol. The molecule has 5 nitrogen and oxygen atoms in total. The van der Waals surface area contributed by atoms with Gasteiger partial charge in [-0.1, -0.05) is 24.3 Å². The number of nitrogens with one attached hydrogen (secondary N) is 1. The van der Waals surface area contributed by atoms with Crippen LogP contribution in [0.1, 0.15) is 31.9 Å². The Balaban J connectivity index is 2.28. The van der Waals surface area contributed by atoms with Gasteiger partial charge in [0.1, 0.15) is 0 Å². The predicted octanol–water partition coefficient (Wildman–Crippen LogP) is 4.44. The van der Waals surface area contributed by atoms with E-state index < -0.39 is 23.2 Å². The van der Waals surface area contributed by atoms with Crippen molar-refractivity contribution >= 4 is 17.0 Å². The van der Waals surface area contributed by atoms with Crippen LogP contribution in [-0.2, 0) is 6.18 Å². The number of hydrogen-bond donors (Lipinski definition) is 2. The highest BCUT2D eigenvalue weighted by Gasteiger charge is 2.31. The molecule has 3 rings (SSSR count). The van der Waals surface area contributed by atoms with Gasteiger partial charge in [0.2, 0.25) is 5.88 Å². The first kappa shape index (κ1) is 20.4. The van der Waals surface area contributed by atoms with Gasteiger partial charge < -0.3 is 10.5 Å². The first-order chi connectivity index (χ1) is 13.5. The summed E-state index contributed by atoms with van der Waals surface area (Å²) in [6, 6.07) is 10.8. The first-order valence-electron chi connectivity index (χ1n) is 8.83. The third-order valence-corrected chi connectivity index (χ3v) is 4.13. The van der Waals surface area contributed by atoms with Crippen LogP contribution in [0.15, 0.2) is 58.4 Å². The highest BCUT2D eigenvalue weighted by molar-refractivity contribution is 6.01. The maximum Gasteiger partial charge on any atom is 0.416 e. The molecule has 152 valence electrons. The van der Waals surface area contributed by atoms with E-state index in [0.29, 0.717) is 5.39 Å². The highest BCUT2D eigenvalue weighted by Crippen LogP contribution is 2.32. The second-order valence-corrected chi connectivity index (χ2v) is 7.59. The van der Waals surface area contributed by atoms with Crippen molar-refractivity contribution < 1.29 is 18.3 Å². The van der Waals surface area contributed by atoms with Crippen LogP contribution < -0.4 is 11.0 Å². The Morgan fingerprint density at radius 2 is 1.69 bits per heavy atom. The Labute approximate surface area is 165 Å². The lowest BCUT2D eigenvalue weighted by molar-refractivity contribution is -0.137. The van der Waals surface area contributed by atoms with Gasteiger partial charge >= 0.3 is 6.18 Å². The maximum atomic E-state index is 13.1. The molecular formula is C21H20F3N3O2. The minimum Gasteiger partial charge on any atom is -0.494 e. The Morgan fingerprint density at radius 1 is 1.03 bits per heavy atom. The molecule has 0 bridgehead atoms. The number of hydrazone groups is 1. The second kappa shape index (κ2) is 7.27. The van der Waals surface area contributed by atoms with Crippen molar-refractivity contribution in [3.05, 3.63) is 70.0 Å². The molecule has 2 N–H and O–H groups in total. The van der Waals surface area contributed by atoms with E-state index in [2.05, 4.69) is 10.5 Å². The molecule has 0 atom stereocenters. The number of halogens is 3. The number of aromatic nitrogens is 1. The molecule has 0 radical (unpaired) electrons. The molecule has 0 aliphatic carbocycles.